The Balaban J connectivity index is 2.08. The summed E-state index contributed by atoms with van der Waals surface area (Å²) < 4.78 is 10.3. The molecule has 16 heavy (non-hydrogen) atoms. The first-order chi connectivity index (χ1) is 7.72. The molecule has 90 valence electrons. The van der Waals surface area contributed by atoms with Crippen LogP contribution in [0.25, 0.3) is 0 Å². The van der Waals surface area contributed by atoms with Crippen LogP contribution in [0.2, 0.25) is 0 Å². The van der Waals surface area contributed by atoms with Gasteiger partial charge in [0, 0.05) is 0 Å². The summed E-state index contributed by atoms with van der Waals surface area (Å²) in [5.74, 6) is 0.562. The van der Waals surface area contributed by atoms with Gasteiger partial charge >= 0.3 is 5.97 Å². The monoisotopic (exact) mass is 224 g/mol. The van der Waals surface area contributed by atoms with Crippen molar-refractivity contribution >= 4 is 5.97 Å². The number of allylic oxidation sites excluding steroid dienone is 1. The first-order valence-corrected chi connectivity index (χ1v) is 6.11. The Hall–Kier alpha value is -0.990. The summed E-state index contributed by atoms with van der Waals surface area (Å²) in [4.78, 5) is 12.0. The second-order valence-corrected chi connectivity index (χ2v) is 4.87. The molecule has 3 heteroatoms. The van der Waals surface area contributed by atoms with Crippen molar-refractivity contribution in [3.8, 4) is 0 Å². The molecular formula is C13H20O3. The molecule has 0 aromatic heterocycles. The number of hydrogen-bond acceptors (Lipinski definition) is 3. The predicted molar refractivity (Wildman–Crippen MR) is 60.7 cm³/mol. The maximum Gasteiger partial charge on any atom is 0.312 e. The molecule has 0 amide bonds. The fourth-order valence-electron chi connectivity index (χ4n) is 3.14. The summed E-state index contributed by atoms with van der Waals surface area (Å²) in [6.45, 7) is 2.37. The van der Waals surface area contributed by atoms with Gasteiger partial charge in [0.15, 0.2) is 0 Å². The van der Waals surface area contributed by atoms with Crippen molar-refractivity contribution in [2.24, 2.45) is 11.3 Å². The van der Waals surface area contributed by atoms with Gasteiger partial charge in [0.1, 0.15) is 0 Å². The molecule has 2 rings (SSSR count). The van der Waals surface area contributed by atoms with Gasteiger partial charge in [-0.3, -0.25) is 4.79 Å². The van der Waals surface area contributed by atoms with Crippen LogP contribution >= 0.6 is 0 Å². The van der Waals surface area contributed by atoms with E-state index in [9.17, 15) is 4.79 Å². The summed E-state index contributed by atoms with van der Waals surface area (Å²) >= 11 is 0. The number of methoxy groups -OCH3 is 1. The second-order valence-electron chi connectivity index (χ2n) is 4.87. The maximum absolute atomic E-state index is 12.0. The van der Waals surface area contributed by atoms with Crippen LogP contribution in [-0.4, -0.2) is 19.7 Å². The molecule has 2 aliphatic rings. The third-order valence-corrected chi connectivity index (χ3v) is 4.00. The van der Waals surface area contributed by atoms with Gasteiger partial charge in [0.25, 0.3) is 0 Å². The van der Waals surface area contributed by atoms with Crippen LogP contribution in [0.4, 0.5) is 0 Å². The Morgan fingerprint density at radius 1 is 1.56 bits per heavy atom. The van der Waals surface area contributed by atoms with E-state index in [1.807, 2.05) is 13.2 Å². The highest BCUT2D eigenvalue weighted by molar-refractivity contribution is 5.77. The average molecular weight is 224 g/mol. The van der Waals surface area contributed by atoms with Gasteiger partial charge in [-0.15, -0.1) is 0 Å². The van der Waals surface area contributed by atoms with Gasteiger partial charge in [-0.2, -0.15) is 0 Å². The summed E-state index contributed by atoms with van der Waals surface area (Å²) in [6.07, 6.45) is 6.83. The third kappa shape index (κ3) is 1.83. The van der Waals surface area contributed by atoms with Gasteiger partial charge in [-0.25, -0.2) is 0 Å². The van der Waals surface area contributed by atoms with Crippen LogP contribution in [0, 0.1) is 11.3 Å². The zero-order chi connectivity index (χ0) is 11.6. The van der Waals surface area contributed by atoms with E-state index in [0.29, 0.717) is 12.5 Å². The molecule has 0 aromatic carbocycles. The number of hydrogen-bond donors (Lipinski definition) is 0. The molecule has 0 aliphatic heterocycles. The highest BCUT2D eigenvalue weighted by Crippen LogP contribution is 2.54. The smallest absolute Gasteiger partial charge is 0.312 e. The second kappa shape index (κ2) is 4.48. The SMILES string of the molecule is CCOC(=O)C12CCC(=COC)C(CC1)C2. The fraction of sp³-hybridized carbons (Fsp3) is 0.769. The molecule has 2 fully saturated rings. The zero-order valence-electron chi connectivity index (χ0n) is 10.1. The standard InChI is InChI=1S/C13H20O3/c1-3-16-12(14)13-6-4-10(8-13)11(5-7-13)9-15-2/h9-10H,3-8H2,1-2H3. The normalized spacial score (nSPS) is 35.1. The lowest BCUT2D eigenvalue weighted by Crippen LogP contribution is -2.33. The number of fused-ring (bicyclic) bond motifs is 2. The summed E-state index contributed by atoms with van der Waals surface area (Å²) in [5, 5.41) is 0. The number of carbonyl (C=O) groups excluding carboxylic acids is 1. The lowest BCUT2D eigenvalue weighted by Gasteiger charge is -2.31. The van der Waals surface area contributed by atoms with E-state index in [0.717, 1.165) is 32.1 Å². The minimum Gasteiger partial charge on any atom is -0.504 e. The highest BCUT2D eigenvalue weighted by atomic mass is 16.5. The van der Waals surface area contributed by atoms with Gasteiger partial charge < -0.3 is 9.47 Å². The van der Waals surface area contributed by atoms with Gasteiger partial charge in [-0.05, 0) is 50.5 Å². The largest absolute Gasteiger partial charge is 0.504 e. The molecule has 2 saturated carbocycles. The lowest BCUT2D eigenvalue weighted by atomic mass is 9.74. The molecule has 3 nitrogen and oxygen atoms in total. The van der Waals surface area contributed by atoms with Crippen LogP contribution in [0.15, 0.2) is 11.8 Å². The van der Waals surface area contributed by atoms with E-state index in [4.69, 9.17) is 9.47 Å². The van der Waals surface area contributed by atoms with E-state index < -0.39 is 0 Å². The molecular weight excluding hydrogens is 204 g/mol. The van der Waals surface area contributed by atoms with E-state index in [2.05, 4.69) is 0 Å². The summed E-state index contributed by atoms with van der Waals surface area (Å²) in [6, 6.07) is 0. The van der Waals surface area contributed by atoms with Crippen molar-refractivity contribution in [2.75, 3.05) is 13.7 Å². The molecule has 2 atom stereocenters. The first-order valence-electron chi connectivity index (χ1n) is 6.11. The van der Waals surface area contributed by atoms with Crippen molar-refractivity contribution in [1.29, 1.82) is 0 Å². The van der Waals surface area contributed by atoms with Gasteiger partial charge in [0.2, 0.25) is 0 Å². The minimum absolute atomic E-state index is 0.0222. The van der Waals surface area contributed by atoms with E-state index >= 15 is 0 Å². The van der Waals surface area contributed by atoms with Crippen LogP contribution in [0.5, 0.6) is 0 Å². The van der Waals surface area contributed by atoms with E-state index in [1.165, 1.54) is 5.57 Å². The molecule has 0 aromatic rings. The molecule has 2 bridgehead atoms. The number of carbonyl (C=O) groups is 1. The number of rotatable bonds is 3. The van der Waals surface area contributed by atoms with E-state index in [1.54, 1.807) is 7.11 Å². The van der Waals surface area contributed by atoms with Crippen LogP contribution in [0.3, 0.4) is 0 Å². The van der Waals surface area contributed by atoms with E-state index in [-0.39, 0.29) is 11.4 Å². The van der Waals surface area contributed by atoms with Crippen LogP contribution in [-0.2, 0) is 14.3 Å². The minimum atomic E-state index is -0.175. The van der Waals surface area contributed by atoms with Crippen molar-refractivity contribution in [3.05, 3.63) is 11.8 Å². The first kappa shape index (κ1) is 11.5. The topological polar surface area (TPSA) is 35.5 Å². The molecule has 0 spiro atoms. The quantitative estimate of drug-likeness (QED) is 0.546. The Bertz CT molecular complexity index is 308. The van der Waals surface area contributed by atoms with Crippen LogP contribution in [0.1, 0.15) is 39.0 Å². The predicted octanol–water partition coefficient (Wildman–Crippen LogP) is 2.66. The maximum atomic E-state index is 12.0. The third-order valence-electron chi connectivity index (χ3n) is 4.00. The Kier molecular flexibility index (Phi) is 3.22. The summed E-state index contributed by atoms with van der Waals surface area (Å²) in [7, 11) is 1.69. The Morgan fingerprint density at radius 2 is 2.38 bits per heavy atom. The molecule has 2 aliphatic carbocycles. The lowest BCUT2D eigenvalue weighted by molar-refractivity contribution is -0.156. The average Bonchev–Trinajstić information content (AvgIpc) is 2.64. The van der Waals surface area contributed by atoms with Crippen LogP contribution < -0.4 is 0 Å². The van der Waals surface area contributed by atoms with Crippen molar-refractivity contribution in [3.63, 3.8) is 0 Å². The van der Waals surface area contributed by atoms with Gasteiger partial charge in [0.05, 0.1) is 25.4 Å². The number of ether oxygens (including phenoxy) is 2. The highest BCUT2D eigenvalue weighted by Gasteiger charge is 2.50. The fourth-order valence-corrected chi connectivity index (χ4v) is 3.14. The Morgan fingerprint density at radius 3 is 3.06 bits per heavy atom. The molecule has 2 unspecified atom stereocenters. The van der Waals surface area contributed by atoms with Crippen molar-refractivity contribution < 1.29 is 14.3 Å². The molecule has 0 N–H and O–H groups in total. The van der Waals surface area contributed by atoms with Crippen molar-refractivity contribution in [1.82, 2.24) is 0 Å². The Labute approximate surface area is 96.8 Å². The summed E-state index contributed by atoms with van der Waals surface area (Å²) in [5.41, 5.74) is 1.20. The molecule has 0 radical (unpaired) electrons. The number of esters is 1. The van der Waals surface area contributed by atoms with Gasteiger partial charge in [-0.1, -0.05) is 0 Å². The zero-order valence-corrected chi connectivity index (χ0v) is 10.1. The van der Waals surface area contributed by atoms with Crippen molar-refractivity contribution in [2.45, 2.75) is 39.0 Å². The molecule has 0 heterocycles. The molecule has 0 saturated heterocycles.